The molecule has 0 aliphatic carbocycles. The predicted octanol–water partition coefficient (Wildman–Crippen LogP) is 2.78. The highest BCUT2D eigenvalue weighted by Gasteiger charge is 2.06. The van der Waals surface area contributed by atoms with E-state index >= 15 is 0 Å². The number of benzene rings is 1. The van der Waals surface area contributed by atoms with Crippen molar-refractivity contribution in [2.75, 3.05) is 5.32 Å². The maximum absolute atomic E-state index is 10.5. The molecular formula is C14H16N4O3. The maximum atomic E-state index is 10.5. The summed E-state index contributed by atoms with van der Waals surface area (Å²) < 4.78 is 5.56. The first-order valence-corrected chi connectivity index (χ1v) is 6.50. The fraction of sp³-hybridized carbons (Fsp3) is 0.286. The zero-order chi connectivity index (χ0) is 15.2. The third-order valence-electron chi connectivity index (χ3n) is 2.59. The quantitative estimate of drug-likeness (QED) is 0.649. The van der Waals surface area contributed by atoms with E-state index in [0.29, 0.717) is 12.5 Å². The average molecular weight is 288 g/mol. The van der Waals surface area contributed by atoms with Gasteiger partial charge in [0.15, 0.2) is 0 Å². The molecule has 0 unspecified atom stereocenters. The molecule has 0 fully saturated rings. The van der Waals surface area contributed by atoms with Crippen LogP contribution in [0.1, 0.15) is 19.4 Å². The van der Waals surface area contributed by atoms with Crippen LogP contribution in [0, 0.1) is 10.1 Å². The normalized spacial score (nSPS) is 10.4. The van der Waals surface area contributed by atoms with Crippen LogP contribution in [-0.4, -0.2) is 21.0 Å². The number of nitrogens with zero attached hydrogens (tertiary/aromatic N) is 3. The lowest BCUT2D eigenvalue weighted by molar-refractivity contribution is -0.385. The largest absolute Gasteiger partial charge is 0.491 e. The third kappa shape index (κ3) is 4.41. The van der Waals surface area contributed by atoms with Crippen LogP contribution in [0.25, 0.3) is 0 Å². The molecule has 0 saturated carbocycles. The molecule has 0 radical (unpaired) electrons. The molecule has 7 nitrogen and oxygen atoms in total. The Labute approximate surface area is 122 Å². The van der Waals surface area contributed by atoms with Crippen molar-refractivity contribution in [3.8, 4) is 5.75 Å². The Balaban J connectivity index is 1.91. The molecule has 1 aromatic heterocycles. The highest BCUT2D eigenvalue weighted by Crippen LogP contribution is 2.15. The van der Waals surface area contributed by atoms with Gasteiger partial charge in [-0.3, -0.25) is 10.1 Å². The summed E-state index contributed by atoms with van der Waals surface area (Å²) in [7, 11) is 0. The SMILES string of the molecule is CC(C)Oc1ccc(CNc2ncc([N+](=O)[O-])cn2)cc1. The molecule has 1 heterocycles. The topological polar surface area (TPSA) is 90.2 Å². The van der Waals surface area contributed by atoms with E-state index in [9.17, 15) is 10.1 Å². The van der Waals surface area contributed by atoms with Crippen molar-refractivity contribution in [2.45, 2.75) is 26.5 Å². The molecule has 1 N–H and O–H groups in total. The smallest absolute Gasteiger partial charge is 0.305 e. The van der Waals surface area contributed by atoms with Crippen LogP contribution >= 0.6 is 0 Å². The monoisotopic (exact) mass is 288 g/mol. The number of aromatic nitrogens is 2. The molecule has 0 amide bonds. The van der Waals surface area contributed by atoms with Gasteiger partial charge in [0, 0.05) is 6.54 Å². The Hall–Kier alpha value is -2.70. The summed E-state index contributed by atoms with van der Waals surface area (Å²) in [5.41, 5.74) is 0.906. The lowest BCUT2D eigenvalue weighted by Gasteiger charge is -2.10. The first-order chi connectivity index (χ1) is 10.0. The van der Waals surface area contributed by atoms with Gasteiger partial charge in [0.05, 0.1) is 11.0 Å². The number of hydrogen-bond acceptors (Lipinski definition) is 6. The summed E-state index contributed by atoms with van der Waals surface area (Å²) in [5, 5.41) is 13.5. The summed E-state index contributed by atoms with van der Waals surface area (Å²) in [4.78, 5) is 17.7. The van der Waals surface area contributed by atoms with E-state index in [1.165, 1.54) is 12.4 Å². The van der Waals surface area contributed by atoms with Crippen molar-refractivity contribution in [1.29, 1.82) is 0 Å². The average Bonchev–Trinajstić information content (AvgIpc) is 2.46. The summed E-state index contributed by atoms with van der Waals surface area (Å²) in [5.74, 6) is 1.17. The van der Waals surface area contributed by atoms with E-state index in [2.05, 4.69) is 15.3 Å². The summed E-state index contributed by atoms with van der Waals surface area (Å²) in [6, 6.07) is 7.67. The minimum absolute atomic E-state index is 0.129. The molecule has 2 aromatic rings. The Bertz CT molecular complexity index is 597. The standard InChI is InChI=1S/C14H16N4O3/c1-10(2)21-13-5-3-11(4-6-13)7-15-14-16-8-12(9-17-14)18(19)20/h3-6,8-10H,7H2,1-2H3,(H,15,16,17). The van der Waals surface area contributed by atoms with Crippen molar-refractivity contribution in [1.82, 2.24) is 9.97 Å². The second-order valence-corrected chi connectivity index (χ2v) is 4.69. The van der Waals surface area contributed by atoms with Gasteiger partial charge in [0.1, 0.15) is 18.1 Å². The van der Waals surface area contributed by atoms with Crippen LogP contribution < -0.4 is 10.1 Å². The van der Waals surface area contributed by atoms with E-state index in [1.807, 2.05) is 38.1 Å². The number of nitro groups is 1. The first-order valence-electron chi connectivity index (χ1n) is 6.50. The predicted molar refractivity (Wildman–Crippen MR) is 78.2 cm³/mol. The molecule has 110 valence electrons. The van der Waals surface area contributed by atoms with Crippen molar-refractivity contribution in [2.24, 2.45) is 0 Å². The van der Waals surface area contributed by atoms with Gasteiger partial charge < -0.3 is 10.1 Å². The third-order valence-corrected chi connectivity index (χ3v) is 2.59. The Morgan fingerprint density at radius 2 is 1.86 bits per heavy atom. The van der Waals surface area contributed by atoms with Gasteiger partial charge in [0.25, 0.3) is 0 Å². The first kappa shape index (κ1) is 14.7. The van der Waals surface area contributed by atoms with Crippen molar-refractivity contribution in [3.63, 3.8) is 0 Å². The zero-order valence-corrected chi connectivity index (χ0v) is 11.8. The highest BCUT2D eigenvalue weighted by molar-refractivity contribution is 5.33. The number of nitrogens with one attached hydrogen (secondary N) is 1. The van der Waals surface area contributed by atoms with Gasteiger partial charge in [0.2, 0.25) is 5.95 Å². The molecule has 1 aromatic carbocycles. The van der Waals surface area contributed by atoms with Crippen molar-refractivity contribution < 1.29 is 9.66 Å². The molecule has 0 atom stereocenters. The Morgan fingerprint density at radius 3 is 2.38 bits per heavy atom. The number of hydrogen-bond donors (Lipinski definition) is 1. The molecule has 2 rings (SSSR count). The summed E-state index contributed by atoms with van der Waals surface area (Å²) in [6.45, 7) is 4.47. The van der Waals surface area contributed by atoms with E-state index in [4.69, 9.17) is 4.74 Å². The second-order valence-electron chi connectivity index (χ2n) is 4.69. The van der Waals surface area contributed by atoms with Gasteiger partial charge in [-0.15, -0.1) is 0 Å². The van der Waals surface area contributed by atoms with Crippen LogP contribution in [0.2, 0.25) is 0 Å². The molecular weight excluding hydrogens is 272 g/mol. The lowest BCUT2D eigenvalue weighted by Crippen LogP contribution is -2.06. The number of ether oxygens (including phenoxy) is 1. The minimum Gasteiger partial charge on any atom is -0.491 e. The number of rotatable bonds is 6. The lowest BCUT2D eigenvalue weighted by atomic mass is 10.2. The van der Waals surface area contributed by atoms with Gasteiger partial charge in [-0.2, -0.15) is 0 Å². The van der Waals surface area contributed by atoms with Crippen molar-refractivity contribution >= 4 is 11.6 Å². The molecule has 0 saturated heterocycles. The van der Waals surface area contributed by atoms with E-state index in [1.54, 1.807) is 0 Å². The van der Waals surface area contributed by atoms with Crippen LogP contribution in [0.3, 0.4) is 0 Å². The van der Waals surface area contributed by atoms with Gasteiger partial charge in [-0.05, 0) is 31.5 Å². The molecule has 21 heavy (non-hydrogen) atoms. The minimum atomic E-state index is -0.531. The van der Waals surface area contributed by atoms with E-state index in [-0.39, 0.29) is 11.8 Å². The summed E-state index contributed by atoms with van der Waals surface area (Å²) in [6.07, 6.45) is 2.49. The Kier molecular flexibility index (Phi) is 4.65. The Morgan fingerprint density at radius 1 is 1.24 bits per heavy atom. The molecule has 0 aliphatic heterocycles. The highest BCUT2D eigenvalue weighted by atomic mass is 16.6. The number of anilines is 1. The van der Waals surface area contributed by atoms with Crippen LogP contribution in [0.4, 0.5) is 11.6 Å². The fourth-order valence-corrected chi connectivity index (χ4v) is 1.65. The fourth-order valence-electron chi connectivity index (χ4n) is 1.65. The van der Waals surface area contributed by atoms with Crippen LogP contribution in [-0.2, 0) is 6.54 Å². The second kappa shape index (κ2) is 6.65. The van der Waals surface area contributed by atoms with E-state index in [0.717, 1.165) is 11.3 Å². The maximum Gasteiger partial charge on any atom is 0.305 e. The van der Waals surface area contributed by atoms with Crippen LogP contribution in [0.5, 0.6) is 5.75 Å². The zero-order valence-electron chi connectivity index (χ0n) is 11.8. The van der Waals surface area contributed by atoms with Gasteiger partial charge >= 0.3 is 5.69 Å². The van der Waals surface area contributed by atoms with E-state index < -0.39 is 4.92 Å². The molecule has 0 bridgehead atoms. The van der Waals surface area contributed by atoms with Gasteiger partial charge in [-0.1, -0.05) is 12.1 Å². The van der Waals surface area contributed by atoms with Crippen LogP contribution in [0.15, 0.2) is 36.7 Å². The van der Waals surface area contributed by atoms with Crippen molar-refractivity contribution in [3.05, 3.63) is 52.3 Å². The molecule has 0 spiro atoms. The molecule has 0 aliphatic rings. The summed E-state index contributed by atoms with van der Waals surface area (Å²) >= 11 is 0. The molecule has 7 heteroatoms. The van der Waals surface area contributed by atoms with Gasteiger partial charge in [-0.25, -0.2) is 9.97 Å².